The van der Waals surface area contributed by atoms with Gasteiger partial charge in [-0.05, 0) is 48.9 Å². The second-order valence-electron chi connectivity index (χ2n) is 5.75. The van der Waals surface area contributed by atoms with E-state index in [9.17, 15) is 9.59 Å². The monoisotopic (exact) mass is 390 g/mol. The van der Waals surface area contributed by atoms with Crippen molar-refractivity contribution in [3.05, 3.63) is 68.4 Å². The van der Waals surface area contributed by atoms with Gasteiger partial charge in [-0.15, -0.1) is 0 Å². The number of carbonyl (C=O) groups is 1. The number of pyridine rings is 1. The maximum absolute atomic E-state index is 12.2. The quantitative estimate of drug-likeness (QED) is 0.677. The Bertz CT molecular complexity index is 1030. The van der Waals surface area contributed by atoms with E-state index in [1.54, 1.807) is 43.5 Å². The lowest BCUT2D eigenvalue weighted by atomic mass is 10.1. The molecule has 7 heteroatoms. The Morgan fingerprint density at radius 3 is 2.73 bits per heavy atom. The lowest BCUT2D eigenvalue weighted by Crippen LogP contribution is -2.17. The maximum Gasteiger partial charge on any atom is 0.251 e. The van der Waals surface area contributed by atoms with Crippen LogP contribution in [0.1, 0.15) is 12.0 Å². The summed E-state index contributed by atoms with van der Waals surface area (Å²) in [7, 11) is 1.58. The van der Waals surface area contributed by atoms with Crippen molar-refractivity contribution in [3.63, 3.8) is 0 Å². The Morgan fingerprint density at radius 2 is 1.96 bits per heavy atom. The van der Waals surface area contributed by atoms with Gasteiger partial charge in [-0.1, -0.05) is 23.2 Å². The van der Waals surface area contributed by atoms with Gasteiger partial charge in [0.25, 0.3) is 5.56 Å². The molecule has 0 unspecified atom stereocenters. The van der Waals surface area contributed by atoms with Crippen molar-refractivity contribution in [2.45, 2.75) is 12.8 Å². The third-order valence-electron chi connectivity index (χ3n) is 3.95. The van der Waals surface area contributed by atoms with Crippen LogP contribution in [0.5, 0.6) is 5.75 Å². The Hall–Kier alpha value is -2.50. The summed E-state index contributed by atoms with van der Waals surface area (Å²) in [6, 6.07) is 12.0. The minimum absolute atomic E-state index is 0.140. The van der Waals surface area contributed by atoms with Crippen molar-refractivity contribution in [1.29, 1.82) is 0 Å². The average molecular weight is 391 g/mol. The summed E-state index contributed by atoms with van der Waals surface area (Å²) >= 11 is 11.9. The number of rotatable bonds is 5. The fourth-order valence-corrected chi connectivity index (χ4v) is 2.93. The number of H-pyrrole nitrogens is 1. The number of ether oxygens (including phenoxy) is 1. The van der Waals surface area contributed by atoms with E-state index in [0.717, 1.165) is 10.9 Å². The van der Waals surface area contributed by atoms with E-state index in [4.69, 9.17) is 27.9 Å². The molecule has 5 nitrogen and oxygen atoms in total. The molecule has 0 aliphatic heterocycles. The number of hydrogen-bond donors (Lipinski definition) is 2. The average Bonchev–Trinajstić information content (AvgIpc) is 2.62. The predicted octanol–water partition coefficient (Wildman–Crippen LogP) is 4.41. The van der Waals surface area contributed by atoms with Crippen molar-refractivity contribution in [2.75, 3.05) is 12.4 Å². The standard InChI is InChI=1S/C19H16Cl2N2O3/c1-26-14-4-6-16-12(9-14)8-11(19(25)23-16)2-7-18(24)22-17-10-13(20)3-5-15(17)21/h3-6,8-10H,2,7H2,1H3,(H,22,24)(H,23,25). The highest BCUT2D eigenvalue weighted by atomic mass is 35.5. The second-order valence-corrected chi connectivity index (χ2v) is 6.59. The SMILES string of the molecule is COc1ccc2[nH]c(=O)c(CCC(=O)Nc3cc(Cl)ccc3Cl)cc2c1. The summed E-state index contributed by atoms with van der Waals surface area (Å²) in [5.74, 6) is 0.447. The number of carbonyl (C=O) groups excluding carboxylic acids is 1. The highest BCUT2D eigenvalue weighted by molar-refractivity contribution is 6.35. The number of aromatic amines is 1. The fourth-order valence-electron chi connectivity index (χ4n) is 2.60. The Labute approximate surface area is 159 Å². The summed E-state index contributed by atoms with van der Waals surface area (Å²) in [5, 5.41) is 4.43. The molecule has 1 aromatic heterocycles. The van der Waals surface area contributed by atoms with Gasteiger partial charge in [0.1, 0.15) is 5.75 Å². The number of methoxy groups -OCH3 is 1. The number of aromatic nitrogens is 1. The number of nitrogens with one attached hydrogen (secondary N) is 2. The van der Waals surface area contributed by atoms with E-state index >= 15 is 0 Å². The molecule has 26 heavy (non-hydrogen) atoms. The predicted molar refractivity (Wildman–Crippen MR) is 105 cm³/mol. The molecule has 3 aromatic rings. The van der Waals surface area contributed by atoms with Crippen molar-refractivity contribution in [3.8, 4) is 5.75 Å². The van der Waals surface area contributed by atoms with Gasteiger partial charge in [0.2, 0.25) is 5.91 Å². The molecule has 1 amide bonds. The highest BCUT2D eigenvalue weighted by Crippen LogP contribution is 2.25. The Balaban J connectivity index is 1.74. The molecule has 2 aromatic carbocycles. The van der Waals surface area contributed by atoms with Gasteiger partial charge in [0.15, 0.2) is 0 Å². The molecule has 0 spiro atoms. The first-order valence-corrected chi connectivity index (χ1v) is 8.67. The molecule has 0 saturated carbocycles. The number of benzene rings is 2. The van der Waals surface area contributed by atoms with Crippen LogP contribution in [0.2, 0.25) is 10.0 Å². The fraction of sp³-hybridized carbons (Fsp3) is 0.158. The zero-order valence-corrected chi connectivity index (χ0v) is 15.4. The summed E-state index contributed by atoms with van der Waals surface area (Å²) in [6.07, 6.45) is 0.438. The Kier molecular flexibility index (Phi) is 5.49. The van der Waals surface area contributed by atoms with E-state index in [1.165, 1.54) is 0 Å². The van der Waals surface area contributed by atoms with Crippen molar-refractivity contribution < 1.29 is 9.53 Å². The number of fused-ring (bicyclic) bond motifs is 1. The molecular formula is C19H16Cl2N2O3. The van der Waals surface area contributed by atoms with E-state index in [1.807, 2.05) is 6.07 Å². The highest BCUT2D eigenvalue weighted by Gasteiger charge is 2.10. The van der Waals surface area contributed by atoms with Crippen LogP contribution in [0, 0.1) is 0 Å². The van der Waals surface area contributed by atoms with E-state index < -0.39 is 0 Å². The topological polar surface area (TPSA) is 71.2 Å². The first kappa shape index (κ1) is 18.3. The van der Waals surface area contributed by atoms with Crippen molar-refractivity contribution in [1.82, 2.24) is 4.98 Å². The third-order valence-corrected chi connectivity index (χ3v) is 4.52. The van der Waals surface area contributed by atoms with Crippen molar-refractivity contribution >= 4 is 45.7 Å². The summed E-state index contributed by atoms with van der Waals surface area (Å²) < 4.78 is 5.20. The van der Waals surface area contributed by atoms with Gasteiger partial charge in [-0.25, -0.2) is 0 Å². The van der Waals surface area contributed by atoms with Crippen LogP contribution < -0.4 is 15.6 Å². The molecule has 0 atom stereocenters. The number of hydrogen-bond acceptors (Lipinski definition) is 3. The second kappa shape index (κ2) is 7.81. The largest absolute Gasteiger partial charge is 0.497 e. The molecule has 0 radical (unpaired) electrons. The zero-order valence-electron chi connectivity index (χ0n) is 13.9. The van der Waals surface area contributed by atoms with Gasteiger partial charge < -0.3 is 15.0 Å². The van der Waals surface area contributed by atoms with Crippen LogP contribution in [0.15, 0.2) is 47.3 Å². The smallest absolute Gasteiger partial charge is 0.251 e. The molecular weight excluding hydrogens is 375 g/mol. The van der Waals surface area contributed by atoms with Crippen LogP contribution in [0.25, 0.3) is 10.9 Å². The van der Waals surface area contributed by atoms with Gasteiger partial charge in [0.05, 0.1) is 17.8 Å². The minimum atomic E-state index is -0.251. The number of halogens is 2. The minimum Gasteiger partial charge on any atom is -0.497 e. The summed E-state index contributed by atoms with van der Waals surface area (Å²) in [5.41, 5.74) is 1.48. The lowest BCUT2D eigenvalue weighted by Gasteiger charge is -2.08. The number of aryl methyl sites for hydroxylation is 1. The molecule has 0 saturated heterocycles. The Morgan fingerprint density at radius 1 is 1.15 bits per heavy atom. The van der Waals surface area contributed by atoms with E-state index in [-0.39, 0.29) is 17.9 Å². The van der Waals surface area contributed by atoms with Gasteiger partial charge in [-0.2, -0.15) is 0 Å². The summed E-state index contributed by atoms with van der Waals surface area (Å²) in [6.45, 7) is 0. The molecule has 2 N–H and O–H groups in total. The van der Waals surface area contributed by atoms with Gasteiger partial charge in [-0.3, -0.25) is 9.59 Å². The summed E-state index contributed by atoms with van der Waals surface area (Å²) in [4.78, 5) is 27.2. The van der Waals surface area contributed by atoms with E-state index in [2.05, 4.69) is 10.3 Å². The van der Waals surface area contributed by atoms with Crippen LogP contribution in [-0.2, 0) is 11.2 Å². The molecule has 3 rings (SSSR count). The normalized spacial score (nSPS) is 10.7. The molecule has 0 aliphatic rings. The zero-order chi connectivity index (χ0) is 18.7. The molecule has 0 fully saturated rings. The van der Waals surface area contributed by atoms with Crippen LogP contribution >= 0.6 is 23.2 Å². The number of amides is 1. The van der Waals surface area contributed by atoms with Gasteiger partial charge >= 0.3 is 0 Å². The lowest BCUT2D eigenvalue weighted by molar-refractivity contribution is -0.116. The van der Waals surface area contributed by atoms with Crippen LogP contribution in [0.4, 0.5) is 5.69 Å². The molecule has 0 bridgehead atoms. The van der Waals surface area contributed by atoms with E-state index in [0.29, 0.717) is 33.5 Å². The van der Waals surface area contributed by atoms with Crippen LogP contribution in [-0.4, -0.2) is 18.0 Å². The molecule has 1 heterocycles. The van der Waals surface area contributed by atoms with Crippen molar-refractivity contribution in [2.24, 2.45) is 0 Å². The maximum atomic E-state index is 12.2. The number of anilines is 1. The third kappa shape index (κ3) is 4.18. The first-order valence-electron chi connectivity index (χ1n) is 7.91. The first-order chi connectivity index (χ1) is 12.5. The molecule has 134 valence electrons. The van der Waals surface area contributed by atoms with Crippen LogP contribution in [0.3, 0.4) is 0 Å². The van der Waals surface area contributed by atoms with Gasteiger partial charge in [0, 0.05) is 27.9 Å². The molecule has 0 aliphatic carbocycles.